The van der Waals surface area contributed by atoms with Crippen LogP contribution in [0.25, 0.3) is 0 Å². The third kappa shape index (κ3) is 18.0. The molecule has 0 bridgehead atoms. The summed E-state index contributed by atoms with van der Waals surface area (Å²) in [5, 5.41) is 69.6. The first-order valence-electron chi connectivity index (χ1n) is 5.22. The Hall–Kier alpha value is 0.572. The van der Waals surface area contributed by atoms with Gasteiger partial charge in [-0.05, 0) is 0 Å². The molecule has 6 N–H and O–H groups in total. The molecule has 17 heteroatoms. The van der Waals surface area contributed by atoms with E-state index in [1.54, 1.807) is 0 Å². The Labute approximate surface area is 193 Å². The number of carboxylic acid groups (broad SMARTS) is 3. The van der Waals surface area contributed by atoms with Crippen LogP contribution in [-0.2, 0) is 14.4 Å². The molecular formula is C9H13AlCl3NaO12. The maximum absolute atomic E-state index is 9.60. The molecule has 0 amide bonds. The summed E-state index contributed by atoms with van der Waals surface area (Å²) in [4.78, 5) is 28.8. The zero-order chi connectivity index (χ0) is 20.4. The number of hydrogen-bond acceptors (Lipinski definition) is 12. The number of carbonyl (C=O) groups excluding carboxylic acids is 3. The summed E-state index contributed by atoms with van der Waals surface area (Å²) in [6.45, 7) is -3.18. The molecule has 0 saturated heterocycles. The summed E-state index contributed by atoms with van der Waals surface area (Å²) in [6, 6.07) is 0. The van der Waals surface area contributed by atoms with Gasteiger partial charge in [-0.1, -0.05) is 34.8 Å². The standard InChI is InChI=1S/3C3H5ClO4.Al.Na.H/c3*4-3(8,1-5)2(6)7;;;/h3*5,8H,1H2,(H,6,7);;;/q;;;+3;;/p-3. The van der Waals surface area contributed by atoms with E-state index in [1.807, 2.05) is 0 Å². The van der Waals surface area contributed by atoms with E-state index in [4.69, 9.17) is 65.4 Å². The molecule has 0 spiro atoms. The third-order valence-corrected chi connectivity index (χ3v) is 2.39. The number of rotatable bonds is 6. The van der Waals surface area contributed by atoms with Gasteiger partial charge in [0.05, 0.1) is 37.7 Å². The molecule has 0 aliphatic carbocycles. The van der Waals surface area contributed by atoms with Gasteiger partial charge < -0.3 is 60.3 Å². The van der Waals surface area contributed by atoms with Crippen LogP contribution in [0.1, 0.15) is 0 Å². The first kappa shape index (κ1) is 37.3. The van der Waals surface area contributed by atoms with Crippen LogP contribution in [-0.4, -0.2) is 130 Å². The number of carboxylic acids is 3. The quantitative estimate of drug-likeness (QED) is 0.157. The molecule has 0 aromatic heterocycles. The second kappa shape index (κ2) is 16.5. The van der Waals surface area contributed by atoms with E-state index in [2.05, 4.69) is 0 Å². The Morgan fingerprint density at radius 1 is 0.654 bits per heavy atom. The Kier molecular flexibility index (Phi) is 23.7. The summed E-state index contributed by atoms with van der Waals surface area (Å²) in [7, 11) is 0. The number of halogens is 3. The fourth-order valence-electron chi connectivity index (χ4n) is 0.194. The molecule has 26 heavy (non-hydrogen) atoms. The van der Waals surface area contributed by atoms with E-state index in [0.29, 0.717) is 0 Å². The summed E-state index contributed by atoms with van der Waals surface area (Å²) in [6.07, 6.45) is 0. The molecule has 0 radical (unpaired) electrons. The molecule has 0 saturated carbocycles. The molecule has 0 heterocycles. The predicted octanol–water partition coefficient (Wildman–Crippen LogP) is -8.06. The van der Waals surface area contributed by atoms with Crippen molar-refractivity contribution in [1.29, 1.82) is 0 Å². The van der Waals surface area contributed by atoms with Crippen LogP contribution in [0, 0.1) is 0 Å². The fraction of sp³-hybridized carbons (Fsp3) is 0.667. The third-order valence-electron chi connectivity index (χ3n) is 1.57. The molecule has 3 unspecified atom stereocenters. The molecule has 0 aliphatic heterocycles. The van der Waals surface area contributed by atoms with Gasteiger partial charge in [-0.15, -0.1) is 0 Å². The van der Waals surface area contributed by atoms with Crippen molar-refractivity contribution in [2.24, 2.45) is 0 Å². The fourth-order valence-corrected chi connectivity index (χ4v) is 0.194. The van der Waals surface area contributed by atoms with Crippen LogP contribution in [0.4, 0.5) is 0 Å². The SMILES string of the molecule is O=C([O-])C(O)(Cl)CO.O=C([O-])C(O)(Cl)CO.O=C([O-])C(O)(Cl)CO.[Al+3].[NaH]. The van der Waals surface area contributed by atoms with Crippen LogP contribution in [0.15, 0.2) is 0 Å². The molecule has 0 rings (SSSR count). The normalized spacial score (nSPS) is 16.0. The van der Waals surface area contributed by atoms with Crippen molar-refractivity contribution in [3.8, 4) is 0 Å². The van der Waals surface area contributed by atoms with E-state index >= 15 is 0 Å². The number of aliphatic hydroxyl groups is 6. The van der Waals surface area contributed by atoms with Crippen molar-refractivity contribution >= 4 is 99.6 Å². The number of carbonyl (C=O) groups is 3. The van der Waals surface area contributed by atoms with E-state index in [-0.39, 0.29) is 46.9 Å². The average Bonchev–Trinajstić information content (AvgIpc) is 2.47. The van der Waals surface area contributed by atoms with Gasteiger partial charge in [-0.25, -0.2) is 0 Å². The van der Waals surface area contributed by atoms with Gasteiger partial charge in [0.15, 0.2) is 0 Å². The number of alkyl halides is 3. The van der Waals surface area contributed by atoms with Gasteiger partial charge in [0.25, 0.3) is 0 Å². The Morgan fingerprint density at radius 3 is 0.769 bits per heavy atom. The van der Waals surface area contributed by atoms with Gasteiger partial charge in [0, 0.05) is 0 Å². The van der Waals surface area contributed by atoms with Crippen molar-refractivity contribution in [1.82, 2.24) is 0 Å². The van der Waals surface area contributed by atoms with Gasteiger partial charge in [-0.2, -0.15) is 0 Å². The summed E-state index contributed by atoms with van der Waals surface area (Å²) in [5.41, 5.74) is 0. The monoisotopic (exact) mass is 468 g/mol. The molecule has 12 nitrogen and oxygen atoms in total. The van der Waals surface area contributed by atoms with E-state index in [9.17, 15) is 29.7 Å². The minimum absolute atomic E-state index is 0. The first-order chi connectivity index (χ1) is 10.5. The zero-order valence-corrected chi connectivity index (χ0v) is 15.4. The van der Waals surface area contributed by atoms with E-state index in [1.165, 1.54) is 0 Å². The minimum atomic E-state index is -2.62. The van der Waals surface area contributed by atoms with Crippen molar-refractivity contribution in [3.05, 3.63) is 0 Å². The Morgan fingerprint density at radius 2 is 0.769 bits per heavy atom. The molecule has 0 aromatic carbocycles. The first-order valence-corrected chi connectivity index (χ1v) is 6.36. The number of aliphatic hydroxyl groups excluding tert-OH is 3. The van der Waals surface area contributed by atoms with Gasteiger partial charge in [0.1, 0.15) is 0 Å². The number of aliphatic carboxylic acids is 3. The maximum atomic E-state index is 9.60. The molecule has 146 valence electrons. The number of hydrogen-bond donors (Lipinski definition) is 6. The Bertz CT molecular complexity index is 372. The molecule has 0 aromatic rings. The summed E-state index contributed by atoms with van der Waals surface area (Å²) in [5.74, 6) is -5.70. The van der Waals surface area contributed by atoms with Crippen LogP contribution in [0.5, 0.6) is 0 Å². The summed E-state index contributed by atoms with van der Waals surface area (Å²) < 4.78 is 0. The van der Waals surface area contributed by atoms with Gasteiger partial charge in [-0.3, -0.25) is 0 Å². The second-order valence-corrected chi connectivity index (χ2v) is 5.49. The van der Waals surface area contributed by atoms with Gasteiger partial charge in [0.2, 0.25) is 15.2 Å². The van der Waals surface area contributed by atoms with Crippen molar-refractivity contribution in [2.45, 2.75) is 15.2 Å². The van der Waals surface area contributed by atoms with E-state index < -0.39 is 52.9 Å². The van der Waals surface area contributed by atoms with Crippen LogP contribution in [0.2, 0.25) is 0 Å². The van der Waals surface area contributed by atoms with Gasteiger partial charge >= 0.3 is 46.9 Å². The summed E-state index contributed by atoms with van der Waals surface area (Å²) >= 11 is 14.1. The second-order valence-electron chi connectivity index (χ2n) is 3.61. The Balaban J connectivity index is -0.0000000817. The predicted molar refractivity (Wildman–Crippen MR) is 81.6 cm³/mol. The molecule has 0 fully saturated rings. The molecular weight excluding hydrogens is 456 g/mol. The van der Waals surface area contributed by atoms with Crippen LogP contribution in [0.3, 0.4) is 0 Å². The van der Waals surface area contributed by atoms with E-state index in [0.717, 1.165) is 0 Å². The zero-order valence-electron chi connectivity index (χ0n) is 12.0. The molecule has 3 atom stereocenters. The average molecular weight is 470 g/mol. The van der Waals surface area contributed by atoms with Crippen molar-refractivity contribution < 1.29 is 60.3 Å². The van der Waals surface area contributed by atoms with Crippen molar-refractivity contribution in [2.75, 3.05) is 19.8 Å². The topological polar surface area (TPSA) is 242 Å². The van der Waals surface area contributed by atoms with Crippen LogP contribution < -0.4 is 15.3 Å². The molecule has 0 aliphatic rings. The van der Waals surface area contributed by atoms with Crippen LogP contribution >= 0.6 is 34.8 Å². The van der Waals surface area contributed by atoms with Crippen molar-refractivity contribution in [3.63, 3.8) is 0 Å².